The minimum absolute atomic E-state index is 0.0356. The molecule has 4 heteroatoms. The third-order valence-electron chi connectivity index (χ3n) is 3.14. The number of aryl methyl sites for hydroxylation is 1. The van der Waals surface area contributed by atoms with E-state index in [4.69, 9.17) is 14.2 Å². The molecule has 0 unspecified atom stereocenters. The Morgan fingerprint density at radius 2 is 1.62 bits per heavy atom. The lowest BCUT2D eigenvalue weighted by atomic mass is 10.1. The van der Waals surface area contributed by atoms with E-state index in [1.807, 2.05) is 19.1 Å². The van der Waals surface area contributed by atoms with Crippen LogP contribution in [0.5, 0.6) is 17.2 Å². The summed E-state index contributed by atoms with van der Waals surface area (Å²) in [6.45, 7) is 1.86. The van der Waals surface area contributed by atoms with Gasteiger partial charge >= 0.3 is 0 Å². The number of hydrogen-bond donors (Lipinski definition) is 0. The Balaban J connectivity index is 2.06. The van der Waals surface area contributed by atoms with Crippen LogP contribution in [0.25, 0.3) is 0 Å². The summed E-state index contributed by atoms with van der Waals surface area (Å²) in [5.41, 5.74) is 1.52. The molecule has 2 aromatic rings. The molecule has 0 aliphatic rings. The molecule has 0 spiro atoms. The van der Waals surface area contributed by atoms with Gasteiger partial charge in [0.15, 0.2) is 23.9 Å². The summed E-state index contributed by atoms with van der Waals surface area (Å²) in [5, 5.41) is 0. The van der Waals surface area contributed by atoms with Crippen molar-refractivity contribution < 1.29 is 19.0 Å². The fourth-order valence-corrected chi connectivity index (χ4v) is 2.02. The number of ketones is 1. The number of hydrogen-bond acceptors (Lipinski definition) is 4. The zero-order chi connectivity index (χ0) is 15.2. The molecule has 0 heterocycles. The van der Waals surface area contributed by atoms with Crippen LogP contribution < -0.4 is 14.2 Å². The fraction of sp³-hybridized carbons (Fsp3) is 0.235. The van der Waals surface area contributed by atoms with E-state index in [1.165, 1.54) is 0 Å². The van der Waals surface area contributed by atoms with Crippen molar-refractivity contribution >= 4 is 5.78 Å². The van der Waals surface area contributed by atoms with Crippen molar-refractivity contribution in [2.75, 3.05) is 20.8 Å². The largest absolute Gasteiger partial charge is 0.496 e. The van der Waals surface area contributed by atoms with Crippen LogP contribution in [0.2, 0.25) is 0 Å². The summed E-state index contributed by atoms with van der Waals surface area (Å²) >= 11 is 0. The molecule has 4 nitrogen and oxygen atoms in total. The highest BCUT2D eigenvalue weighted by molar-refractivity contribution is 5.97. The van der Waals surface area contributed by atoms with E-state index in [2.05, 4.69) is 0 Å². The van der Waals surface area contributed by atoms with Gasteiger partial charge in [0, 0.05) is 5.56 Å². The van der Waals surface area contributed by atoms with Crippen LogP contribution in [0.15, 0.2) is 42.5 Å². The number of carbonyl (C=O) groups is 1. The van der Waals surface area contributed by atoms with Crippen LogP contribution >= 0.6 is 0 Å². The molecule has 0 amide bonds. The van der Waals surface area contributed by atoms with E-state index < -0.39 is 0 Å². The molecule has 0 atom stereocenters. The van der Waals surface area contributed by atoms with E-state index in [1.54, 1.807) is 44.6 Å². The van der Waals surface area contributed by atoms with E-state index >= 15 is 0 Å². The molecule has 0 aliphatic carbocycles. The Labute approximate surface area is 124 Å². The maximum Gasteiger partial charge on any atom is 0.200 e. The van der Waals surface area contributed by atoms with Crippen LogP contribution in [-0.4, -0.2) is 26.6 Å². The SMILES string of the molecule is COc1ccc(C(=O)COc2ccccc2OC)cc1C. The van der Waals surface area contributed by atoms with Gasteiger partial charge in [0.2, 0.25) is 0 Å². The average Bonchev–Trinajstić information content (AvgIpc) is 2.52. The highest BCUT2D eigenvalue weighted by Gasteiger charge is 2.11. The quantitative estimate of drug-likeness (QED) is 0.764. The first-order chi connectivity index (χ1) is 10.2. The van der Waals surface area contributed by atoms with Crippen LogP contribution in [-0.2, 0) is 0 Å². The molecular weight excluding hydrogens is 268 g/mol. The summed E-state index contributed by atoms with van der Waals surface area (Å²) in [5.74, 6) is 1.83. The zero-order valence-corrected chi connectivity index (χ0v) is 12.4. The Morgan fingerprint density at radius 1 is 0.952 bits per heavy atom. The van der Waals surface area contributed by atoms with Gasteiger partial charge in [-0.25, -0.2) is 0 Å². The molecule has 0 bridgehead atoms. The molecule has 0 fully saturated rings. The van der Waals surface area contributed by atoms with Gasteiger partial charge in [-0.3, -0.25) is 4.79 Å². The van der Waals surface area contributed by atoms with Crippen molar-refractivity contribution in [2.24, 2.45) is 0 Å². The van der Waals surface area contributed by atoms with Crippen molar-refractivity contribution in [1.82, 2.24) is 0 Å². The van der Waals surface area contributed by atoms with E-state index in [9.17, 15) is 4.79 Å². The number of para-hydroxylation sites is 2. The molecule has 110 valence electrons. The lowest BCUT2D eigenvalue weighted by Crippen LogP contribution is -2.12. The predicted octanol–water partition coefficient (Wildman–Crippen LogP) is 3.27. The van der Waals surface area contributed by atoms with Crippen LogP contribution in [0.3, 0.4) is 0 Å². The Kier molecular flexibility index (Phi) is 4.82. The average molecular weight is 286 g/mol. The van der Waals surface area contributed by atoms with Gasteiger partial charge < -0.3 is 14.2 Å². The second-order valence-electron chi connectivity index (χ2n) is 4.55. The molecule has 0 saturated heterocycles. The minimum atomic E-state index is -0.0911. The number of ether oxygens (including phenoxy) is 3. The molecule has 0 aliphatic heterocycles. The van der Waals surface area contributed by atoms with E-state index in [0.29, 0.717) is 17.1 Å². The number of rotatable bonds is 6. The van der Waals surface area contributed by atoms with Gasteiger partial charge in [-0.2, -0.15) is 0 Å². The molecular formula is C17H18O4. The Morgan fingerprint density at radius 3 is 2.24 bits per heavy atom. The number of carbonyl (C=O) groups excluding carboxylic acids is 1. The molecule has 2 aromatic carbocycles. The third-order valence-corrected chi connectivity index (χ3v) is 3.14. The monoisotopic (exact) mass is 286 g/mol. The predicted molar refractivity (Wildman–Crippen MR) is 80.6 cm³/mol. The topological polar surface area (TPSA) is 44.8 Å². The summed E-state index contributed by atoms with van der Waals surface area (Å²) in [7, 11) is 3.17. The fourth-order valence-electron chi connectivity index (χ4n) is 2.02. The third kappa shape index (κ3) is 3.54. The Hall–Kier alpha value is -2.49. The van der Waals surface area contributed by atoms with Crippen molar-refractivity contribution in [2.45, 2.75) is 6.92 Å². The van der Waals surface area contributed by atoms with Gasteiger partial charge in [-0.15, -0.1) is 0 Å². The minimum Gasteiger partial charge on any atom is -0.496 e. The lowest BCUT2D eigenvalue weighted by Gasteiger charge is -2.10. The maximum absolute atomic E-state index is 12.2. The van der Waals surface area contributed by atoms with Crippen molar-refractivity contribution in [3.8, 4) is 17.2 Å². The number of methoxy groups -OCH3 is 2. The first kappa shape index (κ1) is 14.9. The Bertz CT molecular complexity index is 634. The first-order valence-corrected chi connectivity index (χ1v) is 6.59. The van der Waals surface area contributed by atoms with E-state index in [-0.39, 0.29) is 12.4 Å². The highest BCUT2D eigenvalue weighted by atomic mass is 16.5. The molecule has 2 rings (SSSR count). The van der Waals surface area contributed by atoms with Gasteiger partial charge in [0.25, 0.3) is 0 Å². The second kappa shape index (κ2) is 6.79. The smallest absolute Gasteiger partial charge is 0.200 e. The van der Waals surface area contributed by atoms with Crippen LogP contribution in [0.4, 0.5) is 0 Å². The summed E-state index contributed by atoms with van der Waals surface area (Å²) in [6, 6.07) is 12.6. The molecule has 0 N–H and O–H groups in total. The van der Waals surface area contributed by atoms with Gasteiger partial charge in [-0.05, 0) is 42.8 Å². The van der Waals surface area contributed by atoms with Crippen molar-refractivity contribution in [3.63, 3.8) is 0 Å². The summed E-state index contributed by atoms with van der Waals surface area (Å²) in [6.07, 6.45) is 0. The zero-order valence-electron chi connectivity index (χ0n) is 12.4. The van der Waals surface area contributed by atoms with E-state index in [0.717, 1.165) is 11.3 Å². The molecule has 0 aromatic heterocycles. The molecule has 0 radical (unpaired) electrons. The summed E-state index contributed by atoms with van der Waals surface area (Å²) in [4.78, 5) is 12.2. The number of Topliss-reactive ketones (excluding diaryl/α,β-unsaturated/α-hetero) is 1. The van der Waals surface area contributed by atoms with Crippen LogP contribution in [0, 0.1) is 6.92 Å². The van der Waals surface area contributed by atoms with Gasteiger partial charge in [0.1, 0.15) is 5.75 Å². The highest BCUT2D eigenvalue weighted by Crippen LogP contribution is 2.26. The number of benzene rings is 2. The van der Waals surface area contributed by atoms with Crippen LogP contribution in [0.1, 0.15) is 15.9 Å². The lowest BCUT2D eigenvalue weighted by molar-refractivity contribution is 0.0919. The molecule has 0 saturated carbocycles. The van der Waals surface area contributed by atoms with Gasteiger partial charge in [-0.1, -0.05) is 12.1 Å². The van der Waals surface area contributed by atoms with Gasteiger partial charge in [0.05, 0.1) is 14.2 Å². The molecule has 21 heavy (non-hydrogen) atoms. The first-order valence-electron chi connectivity index (χ1n) is 6.59. The maximum atomic E-state index is 12.2. The van der Waals surface area contributed by atoms with Crippen molar-refractivity contribution in [1.29, 1.82) is 0 Å². The normalized spacial score (nSPS) is 10.0. The standard InChI is InChI=1S/C17H18O4/c1-12-10-13(8-9-15(12)19-2)14(18)11-21-17-7-5-4-6-16(17)20-3/h4-10H,11H2,1-3H3. The van der Waals surface area contributed by atoms with Crippen molar-refractivity contribution in [3.05, 3.63) is 53.6 Å². The summed E-state index contributed by atoms with van der Waals surface area (Å²) < 4.78 is 15.9. The second-order valence-corrected chi connectivity index (χ2v) is 4.55.